The first-order chi connectivity index (χ1) is 14.5. The molecule has 5 nitrogen and oxygen atoms in total. The first-order valence-corrected chi connectivity index (χ1v) is 12.4. The molecule has 0 spiro atoms. The fourth-order valence-electron chi connectivity index (χ4n) is 4.67. The Morgan fingerprint density at radius 3 is 1.55 bits per heavy atom. The molecule has 3 rings (SSSR count). The molecule has 6 heteroatoms. The summed E-state index contributed by atoms with van der Waals surface area (Å²) in [5, 5.41) is 0. The smallest absolute Gasteiger partial charge is 0.309 e. The number of hydrogen-bond donors (Lipinski definition) is 0. The molecule has 164 valence electrons. The molecule has 2 aromatic carbocycles. The van der Waals surface area contributed by atoms with Gasteiger partial charge >= 0.3 is 5.97 Å². The molecule has 1 fully saturated rings. The molecule has 31 heavy (non-hydrogen) atoms. The zero-order valence-electron chi connectivity index (χ0n) is 19.0. The molecule has 1 aliphatic rings. The van der Waals surface area contributed by atoms with Crippen LogP contribution in [0.15, 0.2) is 24.3 Å². The van der Waals surface area contributed by atoms with E-state index in [-0.39, 0.29) is 12.8 Å². The van der Waals surface area contributed by atoms with Crippen molar-refractivity contribution in [1.29, 1.82) is 0 Å². The predicted octanol–water partition coefficient (Wildman–Crippen LogP) is 5.44. The van der Waals surface area contributed by atoms with Crippen LogP contribution in [0.4, 0.5) is 0 Å². The number of cyclic esters (lactones) is 1. The summed E-state index contributed by atoms with van der Waals surface area (Å²) in [5.41, 5.74) is 4.01. The molecule has 1 heterocycles. The predicted molar refractivity (Wildman–Crippen MR) is 122 cm³/mol. The van der Waals surface area contributed by atoms with E-state index in [1.54, 1.807) is 27.7 Å². The van der Waals surface area contributed by atoms with E-state index in [0.717, 1.165) is 11.1 Å². The van der Waals surface area contributed by atoms with Crippen molar-refractivity contribution in [1.82, 2.24) is 0 Å². The van der Waals surface area contributed by atoms with Crippen LogP contribution >= 0.6 is 7.14 Å². The lowest BCUT2D eigenvalue weighted by molar-refractivity contribution is -0.140. The van der Waals surface area contributed by atoms with Crippen LogP contribution < -0.4 is 0 Å². The third kappa shape index (κ3) is 4.29. The minimum absolute atomic E-state index is 0.219. The number of benzene rings is 2. The highest BCUT2D eigenvalue weighted by Crippen LogP contribution is 2.55. The summed E-state index contributed by atoms with van der Waals surface area (Å²) in [7, 11) is -4.15. The second-order valence-corrected chi connectivity index (χ2v) is 11.4. The molecule has 0 aromatic heterocycles. The lowest BCUT2D eigenvalue weighted by Gasteiger charge is -2.22. The maximum atomic E-state index is 14.4. The van der Waals surface area contributed by atoms with Crippen molar-refractivity contribution < 1.29 is 23.7 Å². The second kappa shape index (κ2) is 8.55. The fraction of sp³-hybridized carbons (Fsp3) is 0.400. The Bertz CT molecular complexity index is 1030. The summed E-state index contributed by atoms with van der Waals surface area (Å²) in [6.45, 7) is 11.2. The summed E-state index contributed by atoms with van der Waals surface area (Å²) in [6.07, 6.45) is 0.0735. The summed E-state index contributed by atoms with van der Waals surface area (Å²) in [4.78, 5) is 39.7. The van der Waals surface area contributed by atoms with Gasteiger partial charge in [-0.1, -0.05) is 35.4 Å². The summed E-state index contributed by atoms with van der Waals surface area (Å²) in [6, 6.07) is 7.39. The van der Waals surface area contributed by atoms with E-state index < -0.39 is 30.1 Å². The highest BCUT2D eigenvalue weighted by atomic mass is 31.2. The third-order valence-corrected chi connectivity index (χ3v) is 8.67. The van der Waals surface area contributed by atoms with Gasteiger partial charge in [0.15, 0.2) is 0 Å². The van der Waals surface area contributed by atoms with Crippen LogP contribution in [-0.4, -0.2) is 29.8 Å². The van der Waals surface area contributed by atoms with Gasteiger partial charge in [-0.25, -0.2) is 0 Å². The van der Waals surface area contributed by atoms with Gasteiger partial charge < -0.3 is 9.30 Å². The first kappa shape index (κ1) is 23.1. The average Bonchev–Trinajstić information content (AvgIpc) is 3.04. The summed E-state index contributed by atoms with van der Waals surface area (Å²) >= 11 is 0. The number of carbonyl (C=O) groups excluding carboxylic acids is 3. The van der Waals surface area contributed by atoms with Crippen LogP contribution in [0, 0.1) is 47.5 Å². The molecule has 0 saturated carbocycles. The van der Waals surface area contributed by atoms with Crippen LogP contribution in [0.2, 0.25) is 0 Å². The maximum Gasteiger partial charge on any atom is 0.309 e. The highest BCUT2D eigenvalue weighted by Gasteiger charge is 2.47. The van der Waals surface area contributed by atoms with Gasteiger partial charge in [-0.2, -0.15) is 0 Å². The van der Waals surface area contributed by atoms with Crippen molar-refractivity contribution in [2.45, 2.75) is 48.0 Å². The van der Waals surface area contributed by atoms with Crippen molar-refractivity contribution in [3.63, 3.8) is 0 Å². The minimum Gasteiger partial charge on any atom is -0.465 e. The number of rotatable bonds is 6. The van der Waals surface area contributed by atoms with E-state index >= 15 is 0 Å². The lowest BCUT2D eigenvalue weighted by Crippen LogP contribution is -2.23. The van der Waals surface area contributed by atoms with Gasteiger partial charge in [0.05, 0.1) is 12.5 Å². The molecule has 0 radical (unpaired) electrons. The molecule has 1 unspecified atom stereocenters. The van der Waals surface area contributed by atoms with E-state index in [1.165, 1.54) is 0 Å². The molecule has 0 N–H and O–H groups in total. The Kier molecular flexibility index (Phi) is 6.38. The average molecular weight is 440 g/mol. The Balaban J connectivity index is 2.19. The summed E-state index contributed by atoms with van der Waals surface area (Å²) in [5.74, 6) is -1.20. The molecule has 0 aliphatic carbocycles. The van der Waals surface area contributed by atoms with Gasteiger partial charge in [0.2, 0.25) is 18.2 Å². The minimum atomic E-state index is -4.15. The third-order valence-electron chi connectivity index (χ3n) is 5.96. The van der Waals surface area contributed by atoms with Crippen LogP contribution in [-0.2, 0) is 14.1 Å². The highest BCUT2D eigenvalue weighted by molar-refractivity contribution is 7.95. The van der Waals surface area contributed by atoms with Crippen LogP contribution in [0.5, 0.6) is 0 Å². The van der Waals surface area contributed by atoms with Crippen LogP contribution in [0.3, 0.4) is 0 Å². The quantitative estimate of drug-likeness (QED) is 0.441. The fourth-order valence-corrected chi connectivity index (χ4v) is 7.56. The van der Waals surface area contributed by atoms with E-state index in [1.807, 2.05) is 38.1 Å². The number of hydrogen-bond acceptors (Lipinski definition) is 5. The molecular weight excluding hydrogens is 411 g/mol. The number of aryl methyl sites for hydroxylation is 6. The number of carbonyl (C=O) groups is 3. The molecule has 0 amide bonds. The number of esters is 1. The van der Waals surface area contributed by atoms with Crippen molar-refractivity contribution in [2.24, 2.45) is 5.92 Å². The van der Waals surface area contributed by atoms with E-state index in [4.69, 9.17) is 4.74 Å². The van der Waals surface area contributed by atoms with Gasteiger partial charge in [0.1, 0.15) is 0 Å². The van der Waals surface area contributed by atoms with Gasteiger partial charge in [0.25, 0.3) is 0 Å². The van der Waals surface area contributed by atoms with E-state index in [2.05, 4.69) is 0 Å². The molecule has 1 aliphatic heterocycles. The van der Waals surface area contributed by atoms with Gasteiger partial charge in [0, 0.05) is 17.3 Å². The van der Waals surface area contributed by atoms with Crippen molar-refractivity contribution >= 4 is 24.2 Å². The molecular formula is C25H29O5P. The van der Waals surface area contributed by atoms with E-state index in [0.29, 0.717) is 39.8 Å². The Labute approximate surface area is 183 Å². The Morgan fingerprint density at radius 1 is 0.839 bits per heavy atom. The molecule has 2 aromatic rings. The van der Waals surface area contributed by atoms with Crippen LogP contribution in [0.25, 0.3) is 0 Å². The van der Waals surface area contributed by atoms with Gasteiger partial charge in [-0.15, -0.1) is 0 Å². The molecule has 1 atom stereocenters. The van der Waals surface area contributed by atoms with Gasteiger partial charge in [-0.3, -0.25) is 14.4 Å². The largest absolute Gasteiger partial charge is 0.465 e. The van der Waals surface area contributed by atoms with E-state index in [9.17, 15) is 18.9 Å². The topological polar surface area (TPSA) is 77.5 Å². The van der Waals surface area contributed by atoms with Crippen molar-refractivity contribution in [3.8, 4) is 0 Å². The zero-order valence-corrected chi connectivity index (χ0v) is 19.9. The van der Waals surface area contributed by atoms with Gasteiger partial charge in [-0.05, 0) is 70.2 Å². The Hall–Kier alpha value is -2.52. The molecule has 1 saturated heterocycles. The van der Waals surface area contributed by atoms with Crippen molar-refractivity contribution in [2.75, 3.05) is 12.8 Å². The summed E-state index contributed by atoms with van der Waals surface area (Å²) < 4.78 is 19.4. The monoisotopic (exact) mass is 440 g/mol. The number of ether oxygens (including phenoxy) is 1. The van der Waals surface area contributed by atoms with Crippen molar-refractivity contribution in [3.05, 3.63) is 68.8 Å². The zero-order chi connectivity index (χ0) is 23.1. The molecule has 0 bridgehead atoms. The normalized spacial score (nSPS) is 16.3. The first-order valence-electron chi connectivity index (χ1n) is 10.5. The standard InChI is InChI=1S/C25H29O5P/c1-14-9-16(3)21(17(4)10-14)24(27)31(29,13-20-7-8-30-23(20)26)25(28)22-18(5)11-15(2)12-19(22)6/h9-12,20H,7-8,13H2,1-6H3. The Morgan fingerprint density at radius 2 is 1.23 bits per heavy atom. The second-order valence-electron chi connectivity index (χ2n) is 8.73. The maximum absolute atomic E-state index is 14.4. The van der Waals surface area contributed by atoms with Crippen LogP contribution in [0.1, 0.15) is 60.5 Å². The SMILES string of the molecule is Cc1cc(C)c(C(=O)P(=O)(CC2CCOC2=O)C(=O)c2c(C)cc(C)cc2C)c(C)c1. The lowest BCUT2D eigenvalue weighted by atomic mass is 10.0.